The number of fused-ring (bicyclic) bond motifs is 1. The topological polar surface area (TPSA) is 46.4 Å². The molecule has 0 bridgehead atoms. The van der Waals surface area contributed by atoms with E-state index in [0.29, 0.717) is 39.9 Å². The molecule has 0 aliphatic heterocycles. The van der Waals surface area contributed by atoms with E-state index in [0.717, 1.165) is 23.3 Å². The van der Waals surface area contributed by atoms with Gasteiger partial charge >= 0.3 is 6.18 Å². The summed E-state index contributed by atoms with van der Waals surface area (Å²) in [6.45, 7) is 2.25. The Morgan fingerprint density at radius 3 is 2.66 bits per heavy atom. The van der Waals surface area contributed by atoms with Gasteiger partial charge in [0.1, 0.15) is 5.65 Å². The molecule has 1 atom stereocenters. The Morgan fingerprint density at radius 2 is 1.91 bits per heavy atom. The average molecular weight is 520 g/mol. The van der Waals surface area contributed by atoms with E-state index in [4.69, 9.17) is 23.2 Å². The molecule has 4 rings (SSSR count). The molecular weight excluding hydrogens is 498 g/mol. The second kappa shape index (κ2) is 10.3. The molecule has 0 saturated heterocycles. The fourth-order valence-corrected chi connectivity index (χ4v) is 4.51. The van der Waals surface area contributed by atoms with Crippen molar-refractivity contribution in [3.8, 4) is 0 Å². The first-order chi connectivity index (χ1) is 16.6. The van der Waals surface area contributed by atoms with Crippen molar-refractivity contribution in [2.45, 2.75) is 31.9 Å². The zero-order chi connectivity index (χ0) is 25.2. The summed E-state index contributed by atoms with van der Waals surface area (Å²) < 4.78 is 42.0. The molecule has 0 aliphatic carbocycles. The number of nitrogens with one attached hydrogen (secondary N) is 1. The lowest BCUT2D eigenvalue weighted by Gasteiger charge is -2.19. The number of carbonyl (C=O) groups is 1. The first-order valence-corrected chi connectivity index (χ1v) is 11.7. The Kier molecular flexibility index (Phi) is 7.38. The predicted molar refractivity (Wildman–Crippen MR) is 131 cm³/mol. The lowest BCUT2D eigenvalue weighted by molar-refractivity contribution is -0.137. The first-order valence-electron chi connectivity index (χ1n) is 10.9. The summed E-state index contributed by atoms with van der Waals surface area (Å²) in [5, 5.41) is 3.89. The van der Waals surface area contributed by atoms with E-state index in [1.54, 1.807) is 34.9 Å². The third-order valence-electron chi connectivity index (χ3n) is 5.79. The van der Waals surface area contributed by atoms with Crippen molar-refractivity contribution in [1.82, 2.24) is 14.7 Å². The van der Waals surface area contributed by atoms with Gasteiger partial charge in [-0.3, -0.25) is 4.79 Å². The van der Waals surface area contributed by atoms with E-state index in [1.807, 2.05) is 25.3 Å². The van der Waals surface area contributed by atoms with Crippen LogP contribution in [0.25, 0.3) is 5.65 Å². The van der Waals surface area contributed by atoms with Gasteiger partial charge in [-0.15, -0.1) is 0 Å². The Morgan fingerprint density at radius 1 is 1.11 bits per heavy atom. The summed E-state index contributed by atoms with van der Waals surface area (Å²) >= 11 is 12.1. The minimum atomic E-state index is -4.49. The van der Waals surface area contributed by atoms with Crippen LogP contribution in [0.2, 0.25) is 10.0 Å². The molecule has 35 heavy (non-hydrogen) atoms. The molecule has 0 saturated carbocycles. The smallest absolute Gasteiger partial charge is 0.356 e. The van der Waals surface area contributed by atoms with Gasteiger partial charge in [-0.05, 0) is 60.4 Å². The largest absolute Gasteiger partial charge is 0.416 e. The van der Waals surface area contributed by atoms with E-state index in [1.165, 1.54) is 6.07 Å². The fraction of sp³-hybridized carbons (Fsp3) is 0.231. The Bertz CT molecular complexity index is 1370. The number of aromatic nitrogens is 2. The van der Waals surface area contributed by atoms with Crippen LogP contribution < -0.4 is 5.32 Å². The van der Waals surface area contributed by atoms with Gasteiger partial charge in [0.2, 0.25) is 5.91 Å². The summed E-state index contributed by atoms with van der Waals surface area (Å²) in [6.07, 6.45) is -0.617. The highest BCUT2D eigenvalue weighted by Crippen LogP contribution is 2.34. The number of benzene rings is 2. The van der Waals surface area contributed by atoms with Gasteiger partial charge < -0.3 is 9.72 Å². The van der Waals surface area contributed by atoms with Crippen LogP contribution in [0.4, 0.5) is 13.2 Å². The molecule has 0 spiro atoms. The molecule has 1 amide bonds. The summed E-state index contributed by atoms with van der Waals surface area (Å²) in [5.74, 6) is -0.923. The average Bonchev–Trinajstić information content (AvgIpc) is 3.21. The van der Waals surface area contributed by atoms with E-state index in [9.17, 15) is 18.0 Å². The Labute approximate surface area is 210 Å². The Balaban J connectivity index is 1.59. The summed E-state index contributed by atoms with van der Waals surface area (Å²) in [4.78, 5) is 17.3. The maximum absolute atomic E-state index is 13.4. The number of rotatable bonds is 7. The summed E-state index contributed by atoms with van der Waals surface area (Å²) in [5.41, 5.74) is 2.76. The van der Waals surface area contributed by atoms with Crippen molar-refractivity contribution in [2.75, 3.05) is 6.54 Å². The molecule has 1 N–H and O–H groups in total. The quantitative estimate of drug-likeness (QED) is 0.290. The zero-order valence-electron chi connectivity index (χ0n) is 18.7. The van der Waals surface area contributed by atoms with Crippen molar-refractivity contribution in [2.24, 2.45) is 0 Å². The van der Waals surface area contributed by atoms with Crippen LogP contribution in [0.1, 0.15) is 40.3 Å². The van der Waals surface area contributed by atoms with Crippen LogP contribution in [-0.2, 0) is 17.4 Å². The third-order valence-corrected chi connectivity index (χ3v) is 6.38. The van der Waals surface area contributed by atoms with Crippen LogP contribution in [0.3, 0.4) is 0 Å². The molecule has 4 nitrogen and oxygen atoms in total. The lowest BCUT2D eigenvalue weighted by atomic mass is 9.91. The minimum absolute atomic E-state index is 0.0443. The zero-order valence-corrected chi connectivity index (χ0v) is 20.3. The normalized spacial score (nSPS) is 12.6. The SMILES string of the molecule is Cc1ccn2c(C(CC(=O)NCCc3ccc(Cl)cc3Cl)c3cccc(C(F)(F)F)c3)cnc2c1. The molecule has 4 aromatic rings. The number of pyridine rings is 1. The van der Waals surface area contributed by atoms with Crippen LogP contribution in [0.5, 0.6) is 0 Å². The number of hydrogen-bond donors (Lipinski definition) is 1. The molecule has 182 valence electrons. The molecule has 9 heteroatoms. The highest BCUT2D eigenvalue weighted by molar-refractivity contribution is 6.35. The molecule has 0 fully saturated rings. The van der Waals surface area contributed by atoms with Gasteiger partial charge in [-0.25, -0.2) is 4.98 Å². The van der Waals surface area contributed by atoms with Gasteiger partial charge in [-0.2, -0.15) is 13.2 Å². The van der Waals surface area contributed by atoms with Gasteiger partial charge in [0.05, 0.1) is 11.3 Å². The second-order valence-corrected chi connectivity index (χ2v) is 9.17. The number of aryl methyl sites for hydroxylation is 1. The highest BCUT2D eigenvalue weighted by Gasteiger charge is 2.32. The van der Waals surface area contributed by atoms with Crippen molar-refractivity contribution in [3.63, 3.8) is 0 Å². The van der Waals surface area contributed by atoms with Crippen molar-refractivity contribution in [1.29, 1.82) is 0 Å². The highest BCUT2D eigenvalue weighted by atomic mass is 35.5. The third kappa shape index (κ3) is 5.97. The number of imidazole rings is 1. The predicted octanol–water partition coefficient (Wildman–Crippen LogP) is 6.85. The maximum atomic E-state index is 13.4. The number of hydrogen-bond acceptors (Lipinski definition) is 2. The van der Waals surface area contributed by atoms with Crippen molar-refractivity contribution >= 4 is 34.8 Å². The van der Waals surface area contributed by atoms with E-state index < -0.39 is 17.7 Å². The molecule has 1 unspecified atom stereocenters. The molecular formula is C26H22Cl2F3N3O. The number of alkyl halides is 3. The standard InChI is InChI=1S/C26H22Cl2F3N3O/c1-16-8-10-34-23(15-33-24(34)11-16)21(18-3-2-4-19(12-18)26(29,30)31)14-25(35)32-9-7-17-5-6-20(27)13-22(17)28/h2-6,8,10-13,15,21H,7,9,14H2,1H3,(H,32,35). The van der Waals surface area contributed by atoms with Crippen molar-refractivity contribution < 1.29 is 18.0 Å². The minimum Gasteiger partial charge on any atom is -0.356 e. The lowest BCUT2D eigenvalue weighted by Crippen LogP contribution is -2.28. The number of nitrogens with zero attached hydrogens (tertiary/aromatic N) is 2. The second-order valence-electron chi connectivity index (χ2n) is 8.33. The molecule has 0 aliphatic rings. The Hall–Kier alpha value is -3.03. The van der Waals surface area contributed by atoms with Gasteiger partial charge in [0.25, 0.3) is 0 Å². The molecule has 0 radical (unpaired) electrons. The van der Waals surface area contributed by atoms with E-state index in [2.05, 4.69) is 10.3 Å². The van der Waals surface area contributed by atoms with E-state index in [-0.39, 0.29) is 12.3 Å². The fourth-order valence-electron chi connectivity index (χ4n) is 4.00. The van der Waals surface area contributed by atoms with Crippen LogP contribution in [-0.4, -0.2) is 21.8 Å². The van der Waals surface area contributed by atoms with Gasteiger partial charge in [-0.1, -0.05) is 47.5 Å². The van der Waals surface area contributed by atoms with Gasteiger partial charge in [0, 0.05) is 41.3 Å². The summed E-state index contributed by atoms with van der Waals surface area (Å²) in [7, 11) is 0. The van der Waals surface area contributed by atoms with Crippen LogP contribution >= 0.6 is 23.2 Å². The number of halogens is 5. The maximum Gasteiger partial charge on any atom is 0.416 e. The molecule has 2 aromatic carbocycles. The van der Waals surface area contributed by atoms with Gasteiger partial charge in [0.15, 0.2) is 0 Å². The monoisotopic (exact) mass is 519 g/mol. The molecule has 2 aromatic heterocycles. The molecule has 2 heterocycles. The van der Waals surface area contributed by atoms with Crippen LogP contribution in [0, 0.1) is 6.92 Å². The van der Waals surface area contributed by atoms with Crippen molar-refractivity contribution in [3.05, 3.63) is 105 Å². The number of amides is 1. The number of carbonyl (C=O) groups excluding carboxylic acids is 1. The summed E-state index contributed by atoms with van der Waals surface area (Å²) in [6, 6.07) is 14.0. The first kappa shape index (κ1) is 25.1. The van der Waals surface area contributed by atoms with E-state index >= 15 is 0 Å². The van der Waals surface area contributed by atoms with Crippen LogP contribution in [0.15, 0.2) is 67.0 Å².